The minimum Gasteiger partial charge on any atom is -0.305 e. The van der Waals surface area contributed by atoms with Crippen molar-refractivity contribution in [3.63, 3.8) is 0 Å². The van der Waals surface area contributed by atoms with Crippen LogP contribution in [-0.4, -0.2) is 34.0 Å². The molecule has 0 spiro atoms. The first-order valence-corrected chi connectivity index (χ1v) is 8.50. The second kappa shape index (κ2) is 10.9. The largest absolute Gasteiger partial charge is 0.305 e. The van der Waals surface area contributed by atoms with E-state index in [9.17, 15) is 4.79 Å². The van der Waals surface area contributed by atoms with Crippen LogP contribution < -0.4 is 0 Å². The molecule has 124 valence electrons. The summed E-state index contributed by atoms with van der Waals surface area (Å²) in [7, 11) is 0. The standard InChI is InChI=1S/C17H22ClN3OS/c1-6-15(23-5)21-17(22)13(12(4)19)9-7-8-10-14(18)16(20)11(2)3/h6-9,14,19-20H,1-2,10H2,3-5H3/b8-7?,13-9-,19-12?,20-16?,21-15?. The van der Waals surface area contributed by atoms with Gasteiger partial charge in [0, 0.05) is 5.71 Å². The van der Waals surface area contributed by atoms with Gasteiger partial charge in [0.1, 0.15) is 0 Å². The van der Waals surface area contributed by atoms with Crippen molar-refractivity contribution < 1.29 is 4.79 Å². The molecule has 1 unspecified atom stereocenters. The van der Waals surface area contributed by atoms with Gasteiger partial charge in [-0.2, -0.15) is 0 Å². The summed E-state index contributed by atoms with van der Waals surface area (Å²) in [4.78, 5) is 16.0. The molecule has 6 heteroatoms. The van der Waals surface area contributed by atoms with E-state index < -0.39 is 11.3 Å². The predicted octanol–water partition coefficient (Wildman–Crippen LogP) is 4.58. The molecule has 0 aliphatic carbocycles. The minimum absolute atomic E-state index is 0.130. The zero-order valence-electron chi connectivity index (χ0n) is 13.6. The number of halogens is 1. The average molecular weight is 352 g/mol. The van der Waals surface area contributed by atoms with E-state index in [0.29, 0.717) is 22.7 Å². The molecule has 0 heterocycles. The number of nitrogens with one attached hydrogen (secondary N) is 2. The summed E-state index contributed by atoms with van der Waals surface area (Å²) in [6.45, 7) is 10.5. The van der Waals surface area contributed by atoms with Crippen molar-refractivity contribution in [2.45, 2.75) is 25.6 Å². The Hall–Kier alpha value is -1.72. The molecule has 23 heavy (non-hydrogen) atoms. The summed E-state index contributed by atoms with van der Waals surface area (Å²) in [5.41, 5.74) is 1.25. The Morgan fingerprint density at radius 1 is 1.39 bits per heavy atom. The lowest BCUT2D eigenvalue weighted by Crippen LogP contribution is -2.12. The van der Waals surface area contributed by atoms with Crippen molar-refractivity contribution in [1.82, 2.24) is 0 Å². The highest BCUT2D eigenvalue weighted by molar-refractivity contribution is 8.13. The smallest absolute Gasteiger partial charge is 0.279 e. The second-order valence-corrected chi connectivity index (χ2v) is 6.05. The highest BCUT2D eigenvalue weighted by atomic mass is 35.5. The number of nitrogens with zero attached hydrogens (tertiary/aromatic N) is 1. The predicted molar refractivity (Wildman–Crippen MR) is 104 cm³/mol. The lowest BCUT2D eigenvalue weighted by atomic mass is 10.1. The maximum atomic E-state index is 12.1. The molecular weight excluding hydrogens is 330 g/mol. The van der Waals surface area contributed by atoms with Crippen LogP contribution >= 0.6 is 23.4 Å². The number of rotatable bonds is 8. The van der Waals surface area contributed by atoms with Crippen LogP contribution in [-0.2, 0) is 4.79 Å². The molecule has 0 aliphatic heterocycles. The van der Waals surface area contributed by atoms with Crippen LogP contribution in [0.1, 0.15) is 20.3 Å². The maximum absolute atomic E-state index is 12.1. The molecule has 0 fully saturated rings. The van der Waals surface area contributed by atoms with Crippen LogP contribution in [0.5, 0.6) is 0 Å². The lowest BCUT2D eigenvalue weighted by molar-refractivity contribution is -0.113. The normalized spacial score (nSPS) is 13.7. The molecule has 4 nitrogen and oxygen atoms in total. The molecule has 0 aliphatic rings. The van der Waals surface area contributed by atoms with E-state index in [1.807, 2.05) is 0 Å². The highest BCUT2D eigenvalue weighted by Gasteiger charge is 2.11. The Kier molecular flexibility index (Phi) is 10.1. The van der Waals surface area contributed by atoms with Crippen LogP contribution in [0.4, 0.5) is 0 Å². The summed E-state index contributed by atoms with van der Waals surface area (Å²) in [5, 5.41) is 15.5. The van der Waals surface area contributed by atoms with Crippen LogP contribution in [0.2, 0.25) is 0 Å². The molecule has 1 amide bonds. The van der Waals surface area contributed by atoms with Gasteiger partial charge in [-0.05, 0) is 44.2 Å². The van der Waals surface area contributed by atoms with Crippen molar-refractivity contribution in [2.75, 3.05) is 6.26 Å². The molecule has 0 rings (SSSR count). The van der Waals surface area contributed by atoms with Gasteiger partial charge in [0.25, 0.3) is 5.91 Å². The van der Waals surface area contributed by atoms with E-state index >= 15 is 0 Å². The fraction of sp³-hybridized carbons (Fsp3) is 0.294. The topological polar surface area (TPSA) is 77.1 Å². The molecule has 1 atom stereocenters. The monoisotopic (exact) mass is 351 g/mol. The Morgan fingerprint density at radius 3 is 2.43 bits per heavy atom. The summed E-state index contributed by atoms with van der Waals surface area (Å²) in [6, 6.07) is 0. The Morgan fingerprint density at radius 2 is 2.00 bits per heavy atom. The molecule has 0 saturated carbocycles. The minimum atomic E-state index is -0.483. The summed E-state index contributed by atoms with van der Waals surface area (Å²) < 4.78 is 0. The van der Waals surface area contributed by atoms with E-state index in [1.165, 1.54) is 30.8 Å². The van der Waals surface area contributed by atoms with Gasteiger partial charge in [0.15, 0.2) is 0 Å². The fourth-order valence-corrected chi connectivity index (χ4v) is 2.07. The van der Waals surface area contributed by atoms with Crippen LogP contribution in [0.3, 0.4) is 0 Å². The van der Waals surface area contributed by atoms with Gasteiger partial charge in [-0.15, -0.1) is 23.4 Å². The quantitative estimate of drug-likeness (QED) is 0.221. The third kappa shape index (κ3) is 7.90. The fourth-order valence-electron chi connectivity index (χ4n) is 1.44. The number of thioether (sulfide) groups is 1. The van der Waals surface area contributed by atoms with Gasteiger partial charge in [0.2, 0.25) is 0 Å². The first-order chi connectivity index (χ1) is 10.7. The molecule has 0 aromatic heterocycles. The van der Waals surface area contributed by atoms with Gasteiger partial charge in [-0.3, -0.25) is 4.79 Å². The number of aliphatic imine (C=N–C) groups is 1. The number of amides is 1. The third-order valence-corrected chi connectivity index (χ3v) is 3.82. The molecule has 2 N–H and O–H groups in total. The van der Waals surface area contributed by atoms with E-state index in [0.717, 1.165) is 0 Å². The van der Waals surface area contributed by atoms with E-state index in [1.54, 1.807) is 25.3 Å². The lowest BCUT2D eigenvalue weighted by Gasteiger charge is -2.07. The van der Waals surface area contributed by atoms with Crippen molar-refractivity contribution in [2.24, 2.45) is 4.99 Å². The molecule has 0 bridgehead atoms. The van der Waals surface area contributed by atoms with Crippen LogP contribution in [0, 0.1) is 10.8 Å². The van der Waals surface area contributed by atoms with Gasteiger partial charge in [-0.1, -0.05) is 25.3 Å². The van der Waals surface area contributed by atoms with Crippen molar-refractivity contribution in [3.05, 3.63) is 48.6 Å². The summed E-state index contributed by atoms with van der Waals surface area (Å²) in [5.74, 6) is -0.483. The second-order valence-electron chi connectivity index (χ2n) is 4.69. The number of hydrogen-bond acceptors (Lipinski definition) is 4. The summed E-state index contributed by atoms with van der Waals surface area (Å²) in [6.07, 6.45) is 8.66. The molecule has 0 aromatic carbocycles. The zero-order chi connectivity index (χ0) is 18.0. The Labute approximate surface area is 147 Å². The Bertz CT molecular complexity index is 603. The number of allylic oxidation sites excluding steroid dienone is 4. The van der Waals surface area contributed by atoms with Gasteiger partial charge in [0.05, 0.1) is 21.7 Å². The number of hydrogen-bond donors (Lipinski definition) is 2. The molecule has 0 saturated heterocycles. The van der Waals surface area contributed by atoms with E-state index in [4.69, 9.17) is 22.4 Å². The van der Waals surface area contributed by atoms with Crippen molar-refractivity contribution in [1.29, 1.82) is 10.8 Å². The SMILES string of the molecule is C=CC(=NC(=O)/C(=C\C=CCC(Cl)C(=N)C(=C)C)C(C)=N)SC. The van der Waals surface area contributed by atoms with Gasteiger partial charge >= 0.3 is 0 Å². The van der Waals surface area contributed by atoms with Gasteiger partial charge in [-0.25, -0.2) is 4.99 Å². The van der Waals surface area contributed by atoms with Crippen molar-refractivity contribution in [3.8, 4) is 0 Å². The van der Waals surface area contributed by atoms with E-state index in [2.05, 4.69) is 18.2 Å². The average Bonchev–Trinajstić information content (AvgIpc) is 2.50. The first-order valence-electron chi connectivity index (χ1n) is 6.84. The van der Waals surface area contributed by atoms with Crippen LogP contribution in [0.15, 0.2) is 53.6 Å². The Balaban J connectivity index is 5.06. The van der Waals surface area contributed by atoms with Crippen molar-refractivity contribution >= 4 is 45.7 Å². The number of carbonyl (C=O) groups excluding carboxylic acids is 1. The number of alkyl halides is 1. The third-order valence-electron chi connectivity index (χ3n) is 2.74. The maximum Gasteiger partial charge on any atom is 0.279 e. The van der Waals surface area contributed by atoms with Crippen LogP contribution in [0.25, 0.3) is 0 Å². The van der Waals surface area contributed by atoms with Gasteiger partial charge < -0.3 is 10.8 Å². The van der Waals surface area contributed by atoms with E-state index in [-0.39, 0.29) is 11.3 Å². The first kappa shape index (κ1) is 21.3. The zero-order valence-corrected chi connectivity index (χ0v) is 15.2. The molecule has 0 aromatic rings. The highest BCUT2D eigenvalue weighted by Crippen LogP contribution is 2.11. The molecular formula is C17H22ClN3OS. The summed E-state index contributed by atoms with van der Waals surface area (Å²) >= 11 is 7.38. The number of carbonyl (C=O) groups is 1. The molecule has 0 radical (unpaired) electrons.